The van der Waals surface area contributed by atoms with Crippen molar-refractivity contribution in [1.29, 1.82) is 0 Å². The average Bonchev–Trinajstić information content (AvgIpc) is 3.49. The van der Waals surface area contributed by atoms with E-state index < -0.39 is 0 Å². The minimum atomic E-state index is -0.0480. The first-order valence-corrected chi connectivity index (χ1v) is 11.7. The molecule has 1 unspecified atom stereocenters. The number of benzene rings is 1. The smallest absolute Gasteiger partial charge is 0.299 e. The van der Waals surface area contributed by atoms with Crippen LogP contribution in [0.25, 0.3) is 22.6 Å². The quantitative estimate of drug-likeness (QED) is 0.384. The summed E-state index contributed by atoms with van der Waals surface area (Å²) in [6.07, 6.45) is 8.96. The molecule has 0 amide bonds. The van der Waals surface area contributed by atoms with Gasteiger partial charge in [-0.1, -0.05) is 57.0 Å². The highest BCUT2D eigenvalue weighted by molar-refractivity contribution is 5.77. The lowest BCUT2D eigenvalue weighted by Gasteiger charge is -2.17. The Bertz CT molecular complexity index is 1220. The molecule has 0 bridgehead atoms. The normalized spacial score (nSPS) is 12.2. The first-order chi connectivity index (χ1) is 16.1. The maximum absolute atomic E-state index is 13.2. The molecule has 8 heteroatoms. The molecule has 33 heavy (non-hydrogen) atoms. The van der Waals surface area contributed by atoms with Gasteiger partial charge in [-0.2, -0.15) is 0 Å². The van der Waals surface area contributed by atoms with E-state index in [4.69, 9.17) is 0 Å². The number of aromatic amines is 1. The van der Waals surface area contributed by atoms with Gasteiger partial charge in [-0.25, -0.2) is 9.89 Å². The minimum absolute atomic E-state index is 0.0480. The number of nitrogens with one attached hydrogen (secondary N) is 1. The summed E-state index contributed by atoms with van der Waals surface area (Å²) in [7, 11) is 0. The largest absolute Gasteiger partial charge is 0.328 e. The van der Waals surface area contributed by atoms with Crippen molar-refractivity contribution in [3.63, 3.8) is 0 Å². The van der Waals surface area contributed by atoms with Gasteiger partial charge < -0.3 is 0 Å². The number of tetrazole rings is 1. The van der Waals surface area contributed by atoms with E-state index in [2.05, 4.69) is 76.8 Å². The molecular formula is C25H31N7O. The predicted octanol–water partition coefficient (Wildman–Crippen LogP) is 4.64. The molecule has 0 radical (unpaired) electrons. The van der Waals surface area contributed by atoms with Crippen LogP contribution < -0.4 is 5.69 Å². The molecule has 0 saturated carbocycles. The van der Waals surface area contributed by atoms with Crippen LogP contribution in [0.2, 0.25) is 0 Å². The van der Waals surface area contributed by atoms with E-state index >= 15 is 0 Å². The molecule has 1 aromatic carbocycles. The zero-order chi connectivity index (χ0) is 23.2. The molecule has 0 fully saturated rings. The lowest BCUT2D eigenvalue weighted by atomic mass is 9.99. The third-order valence-electron chi connectivity index (χ3n) is 6.07. The van der Waals surface area contributed by atoms with E-state index in [-0.39, 0.29) is 11.7 Å². The zero-order valence-corrected chi connectivity index (χ0v) is 19.5. The Morgan fingerprint density at radius 1 is 1.06 bits per heavy atom. The number of nitrogens with zero attached hydrogens (tertiary/aromatic N) is 6. The standard InChI is InChI=1S/C25H31N7O/c1-4-6-9-21-17-31(16-7-5-2)25(33)32(21)18(3)19-11-13-20(14-12-19)22-10-8-15-26-23(22)24-27-29-30-28-24/h8,10-15,17-18H,4-7,9,16H2,1-3H3,(H,27,28,29,30). The van der Waals surface area contributed by atoms with Crippen LogP contribution in [0.15, 0.2) is 53.6 Å². The minimum Gasteiger partial charge on any atom is -0.299 e. The predicted molar refractivity (Wildman–Crippen MR) is 129 cm³/mol. The van der Waals surface area contributed by atoms with Crippen LogP contribution in [0.4, 0.5) is 0 Å². The molecule has 0 aliphatic carbocycles. The Morgan fingerprint density at radius 3 is 2.55 bits per heavy atom. The van der Waals surface area contributed by atoms with Crippen LogP contribution in [0.5, 0.6) is 0 Å². The number of imidazole rings is 1. The molecule has 1 atom stereocenters. The topological polar surface area (TPSA) is 94.3 Å². The first-order valence-electron chi connectivity index (χ1n) is 11.7. The van der Waals surface area contributed by atoms with Gasteiger partial charge >= 0.3 is 5.69 Å². The number of rotatable bonds is 10. The van der Waals surface area contributed by atoms with Crippen LogP contribution in [0, 0.1) is 0 Å². The van der Waals surface area contributed by atoms with Crippen LogP contribution in [-0.2, 0) is 13.0 Å². The van der Waals surface area contributed by atoms with Gasteiger partial charge in [0.1, 0.15) is 5.69 Å². The van der Waals surface area contributed by atoms with Gasteiger partial charge in [-0.05, 0) is 53.8 Å². The molecular weight excluding hydrogens is 414 g/mol. The van der Waals surface area contributed by atoms with Gasteiger partial charge in [0.25, 0.3) is 0 Å². The second kappa shape index (κ2) is 10.4. The van der Waals surface area contributed by atoms with Crippen LogP contribution >= 0.6 is 0 Å². The Labute approximate surface area is 193 Å². The second-order valence-electron chi connectivity index (χ2n) is 8.37. The molecule has 0 spiro atoms. The number of aryl methyl sites for hydroxylation is 2. The van der Waals surface area contributed by atoms with Crippen LogP contribution in [-0.4, -0.2) is 34.7 Å². The molecule has 0 aliphatic rings. The summed E-state index contributed by atoms with van der Waals surface area (Å²) in [5.41, 5.74) is 4.96. The third-order valence-corrected chi connectivity index (χ3v) is 6.07. The number of hydrogen-bond acceptors (Lipinski definition) is 5. The Balaban J connectivity index is 1.66. The Hall–Kier alpha value is -3.55. The first kappa shape index (κ1) is 22.6. The number of H-pyrrole nitrogens is 1. The summed E-state index contributed by atoms with van der Waals surface area (Å²) in [5.74, 6) is 0.531. The Kier molecular flexibility index (Phi) is 7.12. The lowest BCUT2D eigenvalue weighted by Crippen LogP contribution is -2.28. The number of pyridine rings is 1. The van der Waals surface area contributed by atoms with E-state index in [1.807, 2.05) is 21.3 Å². The van der Waals surface area contributed by atoms with Gasteiger partial charge in [-0.15, -0.1) is 5.10 Å². The molecule has 0 aliphatic heterocycles. The maximum Gasteiger partial charge on any atom is 0.328 e. The van der Waals surface area contributed by atoms with E-state index in [1.54, 1.807) is 6.20 Å². The summed E-state index contributed by atoms with van der Waals surface area (Å²) in [6, 6.07) is 12.2. The van der Waals surface area contributed by atoms with Crippen molar-refractivity contribution in [3.05, 3.63) is 70.5 Å². The van der Waals surface area contributed by atoms with Crippen molar-refractivity contribution in [1.82, 2.24) is 34.7 Å². The SMILES string of the molecule is CCCCc1cn(CCCC)c(=O)n1C(C)c1ccc(-c2cccnc2-c2nnn[nH]2)cc1. The lowest BCUT2D eigenvalue weighted by molar-refractivity contribution is 0.546. The van der Waals surface area contributed by atoms with E-state index in [1.165, 1.54) is 0 Å². The third kappa shape index (κ3) is 4.79. The summed E-state index contributed by atoms with van der Waals surface area (Å²) in [4.78, 5) is 17.7. The number of hydrogen-bond donors (Lipinski definition) is 1. The van der Waals surface area contributed by atoms with Gasteiger partial charge in [0.05, 0.1) is 6.04 Å². The van der Waals surface area contributed by atoms with Crippen molar-refractivity contribution in [2.24, 2.45) is 0 Å². The molecule has 3 aromatic heterocycles. The summed E-state index contributed by atoms with van der Waals surface area (Å²) >= 11 is 0. The highest BCUT2D eigenvalue weighted by Crippen LogP contribution is 2.29. The van der Waals surface area contributed by atoms with E-state index in [0.29, 0.717) is 11.5 Å². The van der Waals surface area contributed by atoms with E-state index in [9.17, 15) is 4.79 Å². The molecule has 172 valence electrons. The molecule has 4 rings (SSSR count). The van der Waals surface area contributed by atoms with Crippen molar-refractivity contribution in [2.75, 3.05) is 0 Å². The fourth-order valence-electron chi connectivity index (χ4n) is 4.18. The summed E-state index contributed by atoms with van der Waals surface area (Å²) in [6.45, 7) is 7.20. The fraction of sp³-hybridized carbons (Fsp3) is 0.400. The van der Waals surface area contributed by atoms with Crippen molar-refractivity contribution in [2.45, 2.75) is 65.5 Å². The van der Waals surface area contributed by atoms with Gasteiger partial charge in [0, 0.05) is 30.2 Å². The van der Waals surface area contributed by atoms with Gasteiger partial charge in [0.2, 0.25) is 0 Å². The number of aromatic nitrogens is 7. The Morgan fingerprint density at radius 2 is 1.85 bits per heavy atom. The number of unbranched alkanes of at least 4 members (excludes halogenated alkanes) is 2. The van der Waals surface area contributed by atoms with E-state index in [0.717, 1.165) is 61.0 Å². The monoisotopic (exact) mass is 445 g/mol. The molecule has 0 saturated heterocycles. The van der Waals surface area contributed by atoms with Gasteiger partial charge in [0.15, 0.2) is 5.82 Å². The molecule has 1 N–H and O–H groups in total. The van der Waals surface area contributed by atoms with Crippen molar-refractivity contribution < 1.29 is 0 Å². The highest BCUT2D eigenvalue weighted by Gasteiger charge is 2.18. The second-order valence-corrected chi connectivity index (χ2v) is 8.37. The maximum atomic E-state index is 13.2. The molecule has 4 aromatic rings. The van der Waals surface area contributed by atoms with Crippen molar-refractivity contribution >= 4 is 0 Å². The molecule has 3 heterocycles. The zero-order valence-electron chi connectivity index (χ0n) is 19.5. The summed E-state index contributed by atoms with van der Waals surface area (Å²) < 4.78 is 3.85. The molecule has 8 nitrogen and oxygen atoms in total. The summed E-state index contributed by atoms with van der Waals surface area (Å²) in [5, 5.41) is 14.1. The van der Waals surface area contributed by atoms with Crippen molar-refractivity contribution in [3.8, 4) is 22.6 Å². The fourth-order valence-corrected chi connectivity index (χ4v) is 4.18. The van der Waals surface area contributed by atoms with Crippen LogP contribution in [0.3, 0.4) is 0 Å². The van der Waals surface area contributed by atoms with Crippen LogP contribution in [0.1, 0.15) is 63.8 Å². The highest BCUT2D eigenvalue weighted by atomic mass is 16.1. The van der Waals surface area contributed by atoms with Gasteiger partial charge in [-0.3, -0.25) is 14.1 Å². The average molecular weight is 446 g/mol.